The third-order valence-corrected chi connectivity index (χ3v) is 10.0. The van der Waals surface area contributed by atoms with Crippen molar-refractivity contribution in [3.05, 3.63) is 264 Å². The Hall–Kier alpha value is -6.78. The number of hydrogen-bond acceptors (Lipinski definition) is 4. The van der Waals surface area contributed by atoms with Gasteiger partial charge in [-0.05, 0) is 103 Å². The van der Waals surface area contributed by atoms with E-state index in [2.05, 4.69) is 119 Å². The Morgan fingerprint density at radius 2 is 0.809 bits per heavy atom. The standard InChI is InChI=1S/2C18H14N.2C13H12N.2Ir/c2*1-14-7-9-15(10-8-14)17-11-12-19-18(13-17)16-5-3-2-4-6-16;1-10-3-6-12(7-4-10)13-8-5-11(2)9-14-13;1-10-8-13(14-9-11(10)2)12-6-4-3-5-7-12;;/h2*2-5,7-13H,1H3;2*3-6,8-9H,1-2H3;;/q4*-1;;/i;;2*1D3,2D3;;. The first-order valence-electron chi connectivity index (χ1n) is 27.0. The third-order valence-electron chi connectivity index (χ3n) is 10.0. The number of rotatable bonds is 6. The van der Waals surface area contributed by atoms with Gasteiger partial charge in [-0.3, -0.25) is 0 Å². The van der Waals surface area contributed by atoms with Gasteiger partial charge in [-0.25, -0.2) is 0 Å². The summed E-state index contributed by atoms with van der Waals surface area (Å²) in [4.78, 5) is 17.0. The van der Waals surface area contributed by atoms with Crippen LogP contribution >= 0.6 is 0 Å². The smallest absolute Gasteiger partial charge is 0.0280 e. The van der Waals surface area contributed by atoms with Gasteiger partial charge in [-0.2, -0.15) is 0 Å². The van der Waals surface area contributed by atoms with Crippen molar-refractivity contribution >= 4 is 0 Å². The molecule has 6 heteroatoms. The largest absolute Gasteiger partial charge is 0.305 e. The molecular weight excluding hydrogens is 1190 g/mol. The zero-order chi connectivity index (χ0) is 56.1. The molecule has 0 saturated heterocycles. The van der Waals surface area contributed by atoms with Crippen LogP contribution in [0, 0.1) is 65.5 Å². The Labute approximate surface area is 447 Å². The second-order valence-electron chi connectivity index (χ2n) is 15.0. The minimum Gasteiger partial charge on any atom is -0.305 e. The number of hydrogen-bond donors (Lipinski definition) is 0. The molecule has 6 aromatic carbocycles. The van der Waals surface area contributed by atoms with Crippen LogP contribution in [0.25, 0.3) is 67.3 Å². The predicted molar refractivity (Wildman–Crippen MR) is 273 cm³/mol. The van der Waals surface area contributed by atoms with Crippen molar-refractivity contribution in [3.63, 3.8) is 0 Å². The number of benzene rings is 6. The average Bonchev–Trinajstić information content (AvgIpc) is 3.44. The summed E-state index contributed by atoms with van der Waals surface area (Å²) in [5.41, 5.74) is 13.4. The summed E-state index contributed by atoms with van der Waals surface area (Å²) < 4.78 is 88.4. The summed E-state index contributed by atoms with van der Waals surface area (Å²) >= 11 is 0. The van der Waals surface area contributed by atoms with Gasteiger partial charge < -0.3 is 19.9 Å². The molecule has 0 spiro atoms. The van der Waals surface area contributed by atoms with Crippen LogP contribution in [0.15, 0.2) is 207 Å². The molecule has 0 aliphatic carbocycles. The summed E-state index contributed by atoms with van der Waals surface area (Å²) in [6.07, 6.45) is 6.12. The van der Waals surface area contributed by atoms with Crippen LogP contribution < -0.4 is 0 Å². The average molecular weight is 1250 g/mol. The van der Waals surface area contributed by atoms with Gasteiger partial charge in [0, 0.05) is 81.4 Å². The van der Waals surface area contributed by atoms with Crippen molar-refractivity contribution in [3.8, 4) is 67.3 Å². The van der Waals surface area contributed by atoms with Gasteiger partial charge >= 0.3 is 0 Å². The molecule has 0 aliphatic heterocycles. The van der Waals surface area contributed by atoms with E-state index in [1.165, 1.54) is 63.8 Å². The van der Waals surface area contributed by atoms with Gasteiger partial charge in [-0.15, -0.1) is 143 Å². The summed E-state index contributed by atoms with van der Waals surface area (Å²) in [5.74, 6) is 0. The van der Waals surface area contributed by atoms with E-state index >= 15 is 0 Å². The van der Waals surface area contributed by atoms with Crippen molar-refractivity contribution < 1.29 is 56.7 Å². The third kappa shape index (κ3) is 15.4. The predicted octanol–water partition coefficient (Wildman–Crippen LogP) is 15.4. The number of nitrogens with zero attached hydrogens (tertiary/aromatic N) is 4. The molecule has 342 valence electrons. The van der Waals surface area contributed by atoms with Crippen LogP contribution in [0.4, 0.5) is 0 Å². The molecule has 0 saturated carbocycles. The fourth-order valence-corrected chi connectivity index (χ4v) is 6.40. The fraction of sp³-hybridized carbons (Fsp3) is 0.0968. The molecule has 0 fully saturated rings. The van der Waals surface area contributed by atoms with Gasteiger partial charge in [-0.1, -0.05) is 102 Å². The van der Waals surface area contributed by atoms with E-state index in [1.54, 1.807) is 36.4 Å². The van der Waals surface area contributed by atoms with Gasteiger partial charge in [0.2, 0.25) is 0 Å². The van der Waals surface area contributed by atoms with Gasteiger partial charge in [0.05, 0.1) is 0 Å². The van der Waals surface area contributed by atoms with E-state index < -0.39 is 27.4 Å². The van der Waals surface area contributed by atoms with Gasteiger partial charge in [0.15, 0.2) is 0 Å². The molecule has 4 nitrogen and oxygen atoms in total. The maximum atomic E-state index is 7.50. The molecule has 4 heterocycles. The van der Waals surface area contributed by atoms with Gasteiger partial charge in [0.1, 0.15) is 0 Å². The summed E-state index contributed by atoms with van der Waals surface area (Å²) in [6, 6.07) is 69.3. The Balaban J connectivity index is 0.000000194. The monoisotopic (exact) mass is 1250 g/mol. The first kappa shape index (κ1) is 37.2. The molecular formula is C62H52Ir2N4-4. The minimum absolute atomic E-state index is 0. The zero-order valence-corrected chi connectivity index (χ0v) is 41.9. The summed E-state index contributed by atoms with van der Waals surface area (Å²) in [7, 11) is 0. The van der Waals surface area contributed by atoms with Crippen molar-refractivity contribution in [1.29, 1.82) is 0 Å². The number of pyridine rings is 4. The molecule has 0 atom stereocenters. The topological polar surface area (TPSA) is 51.6 Å². The molecule has 0 bridgehead atoms. The fourth-order valence-electron chi connectivity index (χ4n) is 6.40. The van der Waals surface area contributed by atoms with E-state index in [1.807, 2.05) is 73.1 Å². The quantitative estimate of drug-likeness (QED) is 0.156. The van der Waals surface area contributed by atoms with E-state index in [0.29, 0.717) is 22.5 Å². The SMILES string of the molecule is Cc1ccc(-c2ccnc(-c3[c-]cccc3)c2)cc1.Cc1ccc(-c2ccnc(-c3[c-]cccc3)c2)cc1.[2H]C([2H])([2H])c1c[c-]c(-c2ccc(C([2H])([2H])[2H])cn2)cc1.[2H]C([2H])([2H])c1cnc(-c2[c-]cccc2)cc1C([2H])([2H])[2H].[Ir].[Ir]. The molecule has 10 aromatic rings. The van der Waals surface area contributed by atoms with Crippen molar-refractivity contribution in [1.82, 2.24) is 19.9 Å². The normalized spacial score (nSPS) is 13.3. The van der Waals surface area contributed by atoms with E-state index in [9.17, 15) is 0 Å². The summed E-state index contributed by atoms with van der Waals surface area (Å²) in [5, 5.41) is 0. The second-order valence-corrected chi connectivity index (χ2v) is 15.0. The molecule has 0 amide bonds. The summed E-state index contributed by atoms with van der Waals surface area (Å²) in [6.45, 7) is -5.15. The van der Waals surface area contributed by atoms with Crippen LogP contribution in [-0.2, 0) is 40.2 Å². The molecule has 0 N–H and O–H groups in total. The molecule has 0 aliphatic rings. The van der Waals surface area contributed by atoms with Crippen LogP contribution in [0.1, 0.15) is 49.8 Å². The maximum Gasteiger partial charge on any atom is 0.0280 e. The van der Waals surface area contributed by atoms with E-state index in [-0.39, 0.29) is 62.5 Å². The Morgan fingerprint density at radius 3 is 1.22 bits per heavy atom. The Kier molecular flexibility index (Phi) is 14.5. The van der Waals surface area contributed by atoms with Crippen LogP contribution in [0.2, 0.25) is 0 Å². The second kappa shape index (κ2) is 26.5. The molecule has 0 unspecified atom stereocenters. The Bertz CT molecular complexity index is 3310. The molecule has 68 heavy (non-hydrogen) atoms. The first-order chi connectivity index (χ1) is 37.0. The molecule has 10 rings (SSSR count). The maximum absolute atomic E-state index is 7.50. The van der Waals surface area contributed by atoms with Crippen LogP contribution in [-0.4, -0.2) is 19.9 Å². The van der Waals surface area contributed by atoms with E-state index in [4.69, 9.17) is 16.4 Å². The number of aromatic nitrogens is 4. The first-order valence-corrected chi connectivity index (χ1v) is 21.0. The zero-order valence-electron chi connectivity index (χ0n) is 49.1. The van der Waals surface area contributed by atoms with E-state index in [0.717, 1.165) is 28.7 Å². The minimum atomic E-state index is -2.50. The number of aryl methyl sites for hydroxylation is 6. The van der Waals surface area contributed by atoms with Crippen molar-refractivity contribution in [2.75, 3.05) is 0 Å². The Morgan fingerprint density at radius 1 is 0.353 bits per heavy atom. The molecule has 4 aromatic heterocycles. The van der Waals surface area contributed by atoms with Crippen LogP contribution in [0.5, 0.6) is 0 Å². The van der Waals surface area contributed by atoms with Crippen molar-refractivity contribution in [2.45, 2.75) is 41.3 Å². The molecule has 2 radical (unpaired) electrons. The van der Waals surface area contributed by atoms with Crippen LogP contribution in [0.3, 0.4) is 0 Å². The van der Waals surface area contributed by atoms with Crippen molar-refractivity contribution in [2.24, 2.45) is 0 Å². The van der Waals surface area contributed by atoms with Gasteiger partial charge in [0.25, 0.3) is 0 Å².